The molecule has 0 unspecified atom stereocenters. The molecule has 0 aliphatic rings. The van der Waals surface area contributed by atoms with Gasteiger partial charge in [-0.25, -0.2) is 14.2 Å². The summed E-state index contributed by atoms with van der Waals surface area (Å²) in [5.74, 6) is -0.268. The summed E-state index contributed by atoms with van der Waals surface area (Å²) in [6, 6.07) is 10.00. The number of anilines is 1. The highest BCUT2D eigenvalue weighted by Crippen LogP contribution is 2.24. The van der Waals surface area contributed by atoms with E-state index in [0.717, 1.165) is 11.5 Å². The smallest absolute Gasteiger partial charge is 0.337 e. The van der Waals surface area contributed by atoms with Crippen LogP contribution in [0.2, 0.25) is 5.02 Å². The lowest BCUT2D eigenvalue weighted by molar-refractivity contribution is 0.606. The molecule has 0 radical (unpaired) electrons. The third-order valence-electron chi connectivity index (χ3n) is 3.75. The zero-order valence-corrected chi connectivity index (χ0v) is 15.0. The molecule has 0 spiro atoms. The predicted octanol–water partition coefficient (Wildman–Crippen LogP) is 3.46. The normalized spacial score (nSPS) is 11.9. The lowest BCUT2D eigenvalue weighted by atomic mass is 10.1. The van der Waals surface area contributed by atoms with Crippen molar-refractivity contribution in [3.05, 3.63) is 73.7 Å². The molecule has 0 aliphatic heterocycles. The second-order valence-corrected chi connectivity index (χ2v) is 6.66. The lowest BCUT2D eigenvalue weighted by Gasteiger charge is -2.05. The average molecular weight is 379 g/mol. The van der Waals surface area contributed by atoms with Gasteiger partial charge in [-0.15, -0.1) is 0 Å². The number of aromatic amines is 1. The van der Waals surface area contributed by atoms with Gasteiger partial charge in [0.25, 0.3) is 0 Å². The Balaban J connectivity index is 1.99. The van der Waals surface area contributed by atoms with Gasteiger partial charge in [0.05, 0.1) is 22.9 Å². The molecule has 0 atom stereocenters. The van der Waals surface area contributed by atoms with Crippen molar-refractivity contribution in [3.63, 3.8) is 0 Å². The minimum absolute atomic E-state index is 0.223. The quantitative estimate of drug-likeness (QED) is 0.682. The fraction of sp³-hybridized carbons (Fsp3) is 0.176. The molecule has 0 fully saturated rings. The Morgan fingerprint density at radius 2 is 2.12 bits per heavy atom. The maximum atomic E-state index is 14.0. The van der Waals surface area contributed by atoms with Gasteiger partial charge in [0.2, 0.25) is 4.80 Å². The van der Waals surface area contributed by atoms with E-state index in [-0.39, 0.29) is 18.1 Å². The van der Waals surface area contributed by atoms with E-state index >= 15 is 0 Å². The number of rotatable bonds is 4. The van der Waals surface area contributed by atoms with E-state index in [1.807, 2.05) is 13.0 Å². The van der Waals surface area contributed by atoms with E-state index in [2.05, 4.69) is 9.37 Å². The van der Waals surface area contributed by atoms with E-state index in [1.165, 1.54) is 10.6 Å². The Kier molecular flexibility index (Phi) is 5.06. The number of benzene rings is 2. The Hall–Kier alpha value is -2.38. The summed E-state index contributed by atoms with van der Waals surface area (Å²) in [6.45, 7) is 2.12. The lowest BCUT2D eigenvalue weighted by Crippen LogP contribution is -2.27. The van der Waals surface area contributed by atoms with Crippen molar-refractivity contribution in [1.29, 1.82) is 0 Å². The van der Waals surface area contributed by atoms with Gasteiger partial charge in [0, 0.05) is 0 Å². The van der Waals surface area contributed by atoms with Crippen LogP contribution in [0.3, 0.4) is 0 Å². The Labute approximate surface area is 152 Å². The van der Waals surface area contributed by atoms with E-state index < -0.39 is 0 Å². The molecular weight excluding hydrogens is 363 g/mol. The van der Waals surface area contributed by atoms with Crippen molar-refractivity contribution in [1.82, 2.24) is 8.94 Å². The third kappa shape index (κ3) is 3.83. The Morgan fingerprint density at radius 1 is 1.32 bits per heavy atom. The van der Waals surface area contributed by atoms with Crippen molar-refractivity contribution in [2.75, 3.05) is 5.73 Å². The molecular formula is C17H16ClFN4OS. The summed E-state index contributed by atoms with van der Waals surface area (Å²) in [5.41, 5.74) is 7.77. The van der Waals surface area contributed by atoms with Crippen molar-refractivity contribution in [2.45, 2.75) is 19.9 Å². The van der Waals surface area contributed by atoms with Crippen molar-refractivity contribution < 1.29 is 4.39 Å². The van der Waals surface area contributed by atoms with Gasteiger partial charge in [-0.2, -0.15) is 0 Å². The fourth-order valence-electron chi connectivity index (χ4n) is 2.36. The first-order valence-corrected chi connectivity index (χ1v) is 8.82. The number of halogens is 2. The highest BCUT2D eigenvalue weighted by atomic mass is 35.5. The van der Waals surface area contributed by atoms with Gasteiger partial charge < -0.3 is 5.73 Å². The number of hydrogen-bond acceptors (Lipinski definition) is 4. The van der Waals surface area contributed by atoms with Crippen molar-refractivity contribution in [2.24, 2.45) is 4.99 Å². The van der Waals surface area contributed by atoms with E-state index in [4.69, 9.17) is 17.3 Å². The van der Waals surface area contributed by atoms with Crippen LogP contribution in [0.15, 0.2) is 46.2 Å². The second-order valence-electron chi connectivity index (χ2n) is 5.47. The minimum atomic E-state index is -0.301. The molecule has 0 saturated heterocycles. The summed E-state index contributed by atoms with van der Waals surface area (Å²) >= 11 is 7.10. The number of H-pyrrole nitrogens is 1. The van der Waals surface area contributed by atoms with Crippen LogP contribution in [0, 0.1) is 5.82 Å². The fourth-order valence-corrected chi connectivity index (χ4v) is 3.24. The average Bonchev–Trinajstić information content (AvgIpc) is 2.92. The molecule has 0 aliphatic carbocycles. The van der Waals surface area contributed by atoms with E-state index in [0.29, 0.717) is 38.7 Å². The molecule has 3 rings (SSSR count). The van der Waals surface area contributed by atoms with Crippen LogP contribution >= 0.6 is 23.1 Å². The van der Waals surface area contributed by atoms with Crippen LogP contribution in [0.25, 0.3) is 0 Å². The maximum absolute atomic E-state index is 14.0. The highest BCUT2D eigenvalue weighted by Gasteiger charge is 2.07. The van der Waals surface area contributed by atoms with Crippen molar-refractivity contribution in [3.8, 4) is 0 Å². The van der Waals surface area contributed by atoms with Gasteiger partial charge in [-0.05, 0) is 53.3 Å². The van der Waals surface area contributed by atoms with Crippen LogP contribution in [0.5, 0.6) is 0 Å². The summed E-state index contributed by atoms with van der Waals surface area (Å²) in [7, 11) is 0. The number of nitrogens with one attached hydrogen (secondary N) is 1. The van der Waals surface area contributed by atoms with Crippen LogP contribution in [0.1, 0.15) is 18.1 Å². The number of nitrogens with two attached hydrogens (primary N) is 1. The highest BCUT2D eigenvalue weighted by molar-refractivity contribution is 7.02. The van der Waals surface area contributed by atoms with Gasteiger partial charge >= 0.3 is 5.69 Å². The first kappa shape index (κ1) is 17.4. The monoisotopic (exact) mass is 378 g/mol. The molecule has 0 amide bonds. The molecule has 25 heavy (non-hydrogen) atoms. The van der Waals surface area contributed by atoms with Crippen LogP contribution in [-0.2, 0) is 13.0 Å². The molecule has 3 N–H and O–H groups in total. The molecule has 0 saturated carbocycles. The summed E-state index contributed by atoms with van der Waals surface area (Å²) in [6.07, 6.45) is 0.622. The number of aryl methyl sites for hydroxylation is 1. The topological polar surface area (TPSA) is 76.2 Å². The standard InChI is InChI=1S/C17H16ClFN4OS/c1-2-11-4-3-10(7-14(11)19)9-23-16(24)22-25-17(23)21-12-5-6-15(20)13(18)8-12/h3-8H,2,9,20H2,1H3,(H,22,24). The van der Waals surface area contributed by atoms with Crippen LogP contribution in [-0.4, -0.2) is 8.94 Å². The van der Waals surface area contributed by atoms with Gasteiger partial charge in [0.15, 0.2) is 0 Å². The number of aromatic nitrogens is 2. The van der Waals surface area contributed by atoms with Crippen LogP contribution < -0.4 is 16.2 Å². The number of hydrogen-bond donors (Lipinski definition) is 2. The Bertz CT molecular complexity index is 1040. The van der Waals surface area contributed by atoms with Crippen LogP contribution in [0.4, 0.5) is 15.8 Å². The molecule has 8 heteroatoms. The first-order valence-electron chi connectivity index (χ1n) is 7.63. The van der Waals surface area contributed by atoms with Gasteiger partial charge in [-0.3, -0.25) is 8.94 Å². The molecule has 130 valence electrons. The maximum Gasteiger partial charge on any atom is 0.337 e. The summed E-state index contributed by atoms with van der Waals surface area (Å²) in [4.78, 5) is 17.0. The van der Waals surface area contributed by atoms with E-state index in [9.17, 15) is 9.18 Å². The predicted molar refractivity (Wildman–Crippen MR) is 98.9 cm³/mol. The molecule has 3 aromatic rings. The first-order chi connectivity index (χ1) is 12.0. The summed E-state index contributed by atoms with van der Waals surface area (Å²) in [5, 5.41) is 0.396. The zero-order valence-electron chi connectivity index (χ0n) is 13.4. The molecule has 1 aromatic heterocycles. The number of nitrogen functional groups attached to an aromatic ring is 1. The SMILES string of the molecule is CCc1ccc(Cn2c(=O)[nH]sc2=Nc2ccc(N)c(Cl)c2)cc1F. The largest absolute Gasteiger partial charge is 0.398 e. The zero-order chi connectivity index (χ0) is 18.0. The summed E-state index contributed by atoms with van der Waals surface area (Å²) < 4.78 is 18.1. The minimum Gasteiger partial charge on any atom is -0.398 e. The van der Waals surface area contributed by atoms with Gasteiger partial charge in [-0.1, -0.05) is 30.7 Å². The molecule has 0 bridgehead atoms. The molecule has 2 aromatic carbocycles. The van der Waals surface area contributed by atoms with Crippen molar-refractivity contribution >= 4 is 34.5 Å². The number of nitrogens with zero attached hydrogens (tertiary/aromatic N) is 2. The third-order valence-corrected chi connectivity index (χ3v) is 4.85. The molecule has 1 heterocycles. The molecule has 5 nitrogen and oxygen atoms in total. The second kappa shape index (κ2) is 7.25. The van der Waals surface area contributed by atoms with Gasteiger partial charge in [0.1, 0.15) is 5.82 Å². The van der Waals surface area contributed by atoms with E-state index in [1.54, 1.807) is 24.3 Å². The Morgan fingerprint density at radius 3 is 2.80 bits per heavy atom.